The number of carbonyl (C=O) groups excluding carboxylic acids is 2. The van der Waals surface area contributed by atoms with Gasteiger partial charge in [-0.3, -0.25) is 9.59 Å². The summed E-state index contributed by atoms with van der Waals surface area (Å²) < 4.78 is 17.9. The van der Waals surface area contributed by atoms with Crippen molar-refractivity contribution < 1.29 is 18.7 Å². The second-order valence-corrected chi connectivity index (χ2v) is 4.74. The van der Waals surface area contributed by atoms with E-state index in [-0.39, 0.29) is 11.6 Å². The van der Waals surface area contributed by atoms with Crippen LogP contribution in [0.5, 0.6) is 5.75 Å². The minimum Gasteiger partial charge on any atom is -0.427 e. The van der Waals surface area contributed by atoms with Gasteiger partial charge in [0.05, 0.1) is 0 Å². The van der Waals surface area contributed by atoms with E-state index in [0.717, 1.165) is 5.56 Å². The third kappa shape index (κ3) is 2.48. The van der Waals surface area contributed by atoms with Crippen molar-refractivity contribution in [2.24, 2.45) is 0 Å². The lowest BCUT2D eigenvalue weighted by Crippen LogP contribution is -2.03. The minimum atomic E-state index is -0.438. The average Bonchev–Trinajstić information content (AvgIpc) is 2.76. The number of Topliss-reactive ketones (excluding diaryl/α,β-unsaturated/α-hetero) is 1. The molecule has 0 saturated carbocycles. The molecule has 1 aliphatic carbocycles. The Hall–Kier alpha value is -2.75. The van der Waals surface area contributed by atoms with Crippen molar-refractivity contribution in [3.8, 4) is 5.75 Å². The van der Waals surface area contributed by atoms with Crippen LogP contribution in [-0.4, -0.2) is 11.8 Å². The average molecular weight is 282 g/mol. The van der Waals surface area contributed by atoms with Crippen molar-refractivity contribution in [3.63, 3.8) is 0 Å². The summed E-state index contributed by atoms with van der Waals surface area (Å²) in [7, 11) is 0. The van der Waals surface area contributed by atoms with Crippen LogP contribution < -0.4 is 4.74 Å². The molecule has 3 nitrogen and oxygen atoms in total. The molecule has 0 N–H and O–H groups in total. The molecule has 3 rings (SSSR count). The third-order valence-corrected chi connectivity index (χ3v) is 3.23. The number of ether oxygens (including phenoxy) is 1. The van der Waals surface area contributed by atoms with E-state index in [1.807, 2.05) is 0 Å². The number of benzene rings is 2. The Balaban J connectivity index is 1.96. The summed E-state index contributed by atoms with van der Waals surface area (Å²) in [6.07, 6.45) is 1.75. The molecule has 0 heterocycles. The summed E-state index contributed by atoms with van der Waals surface area (Å²) in [6.45, 7) is 1.30. The molecule has 0 fully saturated rings. The number of halogens is 1. The molecule has 0 saturated heterocycles. The number of ketones is 1. The van der Waals surface area contributed by atoms with Crippen LogP contribution in [0.1, 0.15) is 28.4 Å². The van der Waals surface area contributed by atoms with Gasteiger partial charge in [0.25, 0.3) is 0 Å². The number of fused-ring (bicyclic) bond motifs is 1. The number of carbonyl (C=O) groups is 2. The largest absolute Gasteiger partial charge is 0.427 e. The Morgan fingerprint density at radius 2 is 1.81 bits per heavy atom. The van der Waals surface area contributed by atoms with Gasteiger partial charge in [-0.1, -0.05) is 18.2 Å². The first-order chi connectivity index (χ1) is 10.0. The van der Waals surface area contributed by atoms with E-state index in [9.17, 15) is 14.0 Å². The molecule has 0 spiro atoms. The first-order valence-corrected chi connectivity index (χ1v) is 6.39. The van der Waals surface area contributed by atoms with E-state index >= 15 is 0 Å². The summed E-state index contributed by atoms with van der Waals surface area (Å²) in [5.74, 6) is -0.611. The lowest BCUT2D eigenvalue weighted by atomic mass is 10.0. The number of rotatable bonds is 2. The fourth-order valence-electron chi connectivity index (χ4n) is 2.30. The second-order valence-electron chi connectivity index (χ2n) is 4.74. The molecule has 0 bridgehead atoms. The van der Waals surface area contributed by atoms with Crippen LogP contribution >= 0.6 is 0 Å². The zero-order valence-corrected chi connectivity index (χ0v) is 11.2. The SMILES string of the molecule is CC(=O)Oc1ccc2c(c1)C(=O)C(c1ccc(F)cc1)=C2. The molecule has 0 radical (unpaired) electrons. The van der Waals surface area contributed by atoms with Gasteiger partial charge in [-0.2, -0.15) is 0 Å². The Kier molecular flexibility index (Phi) is 3.14. The van der Waals surface area contributed by atoms with Gasteiger partial charge < -0.3 is 4.74 Å². The monoisotopic (exact) mass is 282 g/mol. The third-order valence-electron chi connectivity index (χ3n) is 3.23. The summed E-state index contributed by atoms with van der Waals surface area (Å²) in [4.78, 5) is 23.4. The summed E-state index contributed by atoms with van der Waals surface area (Å²) in [6, 6.07) is 10.7. The van der Waals surface area contributed by atoms with Gasteiger partial charge in [-0.05, 0) is 41.5 Å². The quantitative estimate of drug-likeness (QED) is 0.625. The Labute approximate surface area is 120 Å². The molecule has 2 aromatic carbocycles. The lowest BCUT2D eigenvalue weighted by Gasteiger charge is -2.04. The lowest BCUT2D eigenvalue weighted by molar-refractivity contribution is -0.131. The number of hydrogen-bond donors (Lipinski definition) is 0. The molecule has 0 atom stereocenters. The van der Waals surface area contributed by atoms with Crippen LogP contribution in [0, 0.1) is 5.82 Å². The van der Waals surface area contributed by atoms with Gasteiger partial charge in [0.15, 0.2) is 5.78 Å². The van der Waals surface area contributed by atoms with Crippen molar-refractivity contribution >= 4 is 23.4 Å². The number of esters is 1. The van der Waals surface area contributed by atoms with Gasteiger partial charge in [0.2, 0.25) is 0 Å². The Bertz CT molecular complexity index is 773. The molecule has 4 heteroatoms. The van der Waals surface area contributed by atoms with Crippen molar-refractivity contribution in [1.29, 1.82) is 0 Å². The molecule has 0 aliphatic heterocycles. The summed E-state index contributed by atoms with van der Waals surface area (Å²) in [5.41, 5.74) is 2.40. The summed E-state index contributed by atoms with van der Waals surface area (Å²) >= 11 is 0. The fourth-order valence-corrected chi connectivity index (χ4v) is 2.30. The van der Waals surface area contributed by atoms with E-state index in [1.165, 1.54) is 19.1 Å². The van der Waals surface area contributed by atoms with Crippen LogP contribution in [0.25, 0.3) is 11.6 Å². The fraction of sp³-hybridized carbons (Fsp3) is 0.0588. The van der Waals surface area contributed by atoms with Gasteiger partial charge in [0.1, 0.15) is 11.6 Å². The zero-order valence-electron chi connectivity index (χ0n) is 11.2. The van der Waals surface area contributed by atoms with E-state index < -0.39 is 5.97 Å². The van der Waals surface area contributed by atoms with Crippen molar-refractivity contribution in [2.45, 2.75) is 6.92 Å². The smallest absolute Gasteiger partial charge is 0.308 e. The van der Waals surface area contributed by atoms with Crippen LogP contribution in [-0.2, 0) is 4.79 Å². The highest BCUT2D eigenvalue weighted by Crippen LogP contribution is 2.33. The highest BCUT2D eigenvalue weighted by Gasteiger charge is 2.24. The molecule has 0 unspecified atom stereocenters. The minimum absolute atomic E-state index is 0.161. The number of allylic oxidation sites excluding steroid dienone is 1. The molecule has 1 aliphatic rings. The predicted octanol–water partition coefficient (Wildman–Crippen LogP) is 3.49. The topological polar surface area (TPSA) is 43.4 Å². The highest BCUT2D eigenvalue weighted by atomic mass is 19.1. The first kappa shape index (κ1) is 13.2. The zero-order chi connectivity index (χ0) is 15.0. The van der Waals surface area contributed by atoms with Crippen molar-refractivity contribution in [1.82, 2.24) is 0 Å². The van der Waals surface area contributed by atoms with Crippen LogP contribution in [0.3, 0.4) is 0 Å². The maximum absolute atomic E-state index is 13.0. The molecule has 21 heavy (non-hydrogen) atoms. The summed E-state index contributed by atoms with van der Waals surface area (Å²) in [5, 5.41) is 0. The first-order valence-electron chi connectivity index (χ1n) is 6.39. The molecule has 2 aromatic rings. The maximum Gasteiger partial charge on any atom is 0.308 e. The van der Waals surface area contributed by atoms with Gasteiger partial charge in [-0.15, -0.1) is 0 Å². The standard InChI is InChI=1S/C17H11FO3/c1-10(19)21-14-7-4-12-8-15(17(20)16(12)9-14)11-2-5-13(18)6-3-11/h2-9H,1H3. The Morgan fingerprint density at radius 1 is 1.10 bits per heavy atom. The molecular weight excluding hydrogens is 271 g/mol. The van der Waals surface area contributed by atoms with E-state index in [1.54, 1.807) is 36.4 Å². The van der Waals surface area contributed by atoms with Crippen LogP contribution in [0.4, 0.5) is 4.39 Å². The predicted molar refractivity (Wildman–Crippen MR) is 76.4 cm³/mol. The van der Waals surface area contributed by atoms with Crippen molar-refractivity contribution in [2.75, 3.05) is 0 Å². The van der Waals surface area contributed by atoms with Crippen molar-refractivity contribution in [3.05, 3.63) is 65.0 Å². The Morgan fingerprint density at radius 3 is 2.48 bits per heavy atom. The molecular formula is C17H11FO3. The van der Waals surface area contributed by atoms with Gasteiger partial charge in [-0.25, -0.2) is 4.39 Å². The second kappa shape index (κ2) is 4.98. The molecule has 104 valence electrons. The normalized spacial score (nSPS) is 12.9. The molecule has 0 aromatic heterocycles. The van der Waals surface area contributed by atoms with Gasteiger partial charge >= 0.3 is 5.97 Å². The maximum atomic E-state index is 13.0. The van der Waals surface area contributed by atoms with E-state index in [0.29, 0.717) is 22.4 Å². The molecule has 0 amide bonds. The van der Waals surface area contributed by atoms with E-state index in [4.69, 9.17) is 4.74 Å². The number of hydrogen-bond acceptors (Lipinski definition) is 3. The van der Waals surface area contributed by atoms with Gasteiger partial charge in [0, 0.05) is 18.1 Å². The van der Waals surface area contributed by atoms with E-state index in [2.05, 4.69) is 0 Å². The van der Waals surface area contributed by atoms with Crippen LogP contribution in [0.15, 0.2) is 42.5 Å². The van der Waals surface area contributed by atoms with Crippen LogP contribution in [0.2, 0.25) is 0 Å². The highest BCUT2D eigenvalue weighted by molar-refractivity contribution is 6.37.